The van der Waals surface area contributed by atoms with Gasteiger partial charge in [0.1, 0.15) is 15.9 Å². The number of benzene rings is 1. The Morgan fingerprint density at radius 2 is 1.92 bits per heavy atom. The van der Waals surface area contributed by atoms with Crippen molar-refractivity contribution in [3.63, 3.8) is 0 Å². The molecule has 0 amide bonds. The Morgan fingerprint density at radius 3 is 2.31 bits per heavy atom. The van der Waals surface area contributed by atoms with Gasteiger partial charge < -0.3 is 4.55 Å². The fraction of sp³-hybridized carbons (Fsp3) is 0. The maximum atomic E-state index is 12.5. The van der Waals surface area contributed by atoms with E-state index >= 15 is 0 Å². The maximum absolute atomic E-state index is 12.5. The summed E-state index contributed by atoms with van der Waals surface area (Å²) in [5.41, 5.74) is 0. The number of halogens is 2. The molecule has 0 unspecified atom stereocenters. The number of rotatable bonds is 1. The molecular weight excluding hydrogens is 314 g/mol. The fourth-order valence-electron chi connectivity index (χ4n) is 0.632. The molecule has 0 N–H and O–H groups in total. The van der Waals surface area contributed by atoms with E-state index in [4.69, 9.17) is 11.6 Å². The smallest absolute Gasteiger partial charge is 0.744 e. The van der Waals surface area contributed by atoms with Crippen LogP contribution in [0.4, 0.5) is 4.39 Å². The van der Waals surface area contributed by atoms with Gasteiger partial charge in [-0.25, -0.2) is 12.8 Å². The quantitative estimate of drug-likeness (QED) is 0.581. The normalized spacial score (nSPS) is 10.7. The summed E-state index contributed by atoms with van der Waals surface area (Å²) >= 11 is 5.24. The third kappa shape index (κ3) is 3.38. The van der Waals surface area contributed by atoms with Crippen molar-refractivity contribution in [2.24, 2.45) is 0 Å². The molecule has 7 heteroatoms. The van der Waals surface area contributed by atoms with Crippen LogP contribution in [0.25, 0.3) is 0 Å². The van der Waals surface area contributed by atoms with Crippen LogP contribution in [0, 0.1) is 5.82 Å². The van der Waals surface area contributed by atoms with E-state index in [2.05, 4.69) is 0 Å². The maximum Gasteiger partial charge on any atom is 1.00 e. The van der Waals surface area contributed by atoms with E-state index in [1.807, 2.05) is 0 Å². The Kier molecular flexibility index (Phi) is 4.58. The SMILES string of the molecule is O=S(=O)([O-])c1ccc(F)c(Cl)c1.[Ag+]. The minimum atomic E-state index is -4.54. The van der Waals surface area contributed by atoms with Gasteiger partial charge in [-0.05, 0) is 18.2 Å². The van der Waals surface area contributed by atoms with Crippen LogP contribution >= 0.6 is 11.6 Å². The molecule has 0 radical (unpaired) electrons. The second-order valence-electron chi connectivity index (χ2n) is 2.03. The monoisotopic (exact) mass is 316 g/mol. The Labute approximate surface area is 95.2 Å². The Bertz CT molecular complexity index is 406. The van der Waals surface area contributed by atoms with Crippen molar-refractivity contribution in [1.82, 2.24) is 0 Å². The third-order valence-electron chi connectivity index (χ3n) is 1.18. The van der Waals surface area contributed by atoms with Gasteiger partial charge in [-0.3, -0.25) is 0 Å². The van der Waals surface area contributed by atoms with Crippen molar-refractivity contribution >= 4 is 21.7 Å². The fourth-order valence-corrected chi connectivity index (χ4v) is 1.37. The molecule has 76 valence electrons. The first-order chi connectivity index (χ1) is 5.41. The second-order valence-corrected chi connectivity index (χ2v) is 3.82. The zero-order chi connectivity index (χ0) is 9.35. The molecule has 0 saturated carbocycles. The average molecular weight is 317 g/mol. The summed E-state index contributed by atoms with van der Waals surface area (Å²) in [4.78, 5) is -0.533. The van der Waals surface area contributed by atoms with Gasteiger partial charge in [0.15, 0.2) is 0 Å². The molecule has 1 rings (SSSR count). The van der Waals surface area contributed by atoms with Gasteiger partial charge in [0.25, 0.3) is 0 Å². The molecule has 0 aliphatic rings. The minimum Gasteiger partial charge on any atom is -0.744 e. The van der Waals surface area contributed by atoms with E-state index in [1.165, 1.54) is 0 Å². The van der Waals surface area contributed by atoms with Crippen LogP contribution < -0.4 is 0 Å². The third-order valence-corrected chi connectivity index (χ3v) is 2.30. The summed E-state index contributed by atoms with van der Waals surface area (Å²) in [6.07, 6.45) is 0. The summed E-state index contributed by atoms with van der Waals surface area (Å²) in [5.74, 6) is -0.760. The second kappa shape index (κ2) is 4.54. The summed E-state index contributed by atoms with van der Waals surface area (Å²) < 4.78 is 43.5. The van der Waals surface area contributed by atoms with Crippen molar-refractivity contribution in [2.45, 2.75) is 4.90 Å². The molecule has 3 nitrogen and oxygen atoms in total. The zero-order valence-corrected chi connectivity index (χ0v) is 8.98. The van der Waals surface area contributed by atoms with Crippen LogP contribution in [-0.4, -0.2) is 13.0 Å². The van der Waals surface area contributed by atoms with Gasteiger partial charge in [-0.1, -0.05) is 11.6 Å². The van der Waals surface area contributed by atoms with Crippen LogP contribution in [0.2, 0.25) is 5.02 Å². The molecule has 1 aromatic rings. The van der Waals surface area contributed by atoms with E-state index in [0.717, 1.165) is 18.2 Å². The first-order valence-corrected chi connectivity index (χ1v) is 4.61. The van der Waals surface area contributed by atoms with E-state index < -0.39 is 20.8 Å². The standard InChI is InChI=1S/C6H4ClFO3S.Ag/c7-5-3-4(12(9,10)11)1-2-6(5)8;/h1-3H,(H,9,10,11);/q;+1/p-1. The first kappa shape index (κ1) is 13.1. The first-order valence-electron chi connectivity index (χ1n) is 2.82. The molecule has 0 aromatic heterocycles. The van der Waals surface area contributed by atoms with Crippen LogP contribution in [0.3, 0.4) is 0 Å². The van der Waals surface area contributed by atoms with Gasteiger partial charge in [0.05, 0.1) is 9.92 Å². The molecule has 0 aliphatic heterocycles. The molecule has 1 aromatic carbocycles. The number of hydrogen-bond acceptors (Lipinski definition) is 3. The van der Waals surface area contributed by atoms with Crippen LogP contribution in [0.1, 0.15) is 0 Å². The largest absolute Gasteiger partial charge is 1.00 e. The van der Waals surface area contributed by atoms with Gasteiger partial charge in [0.2, 0.25) is 0 Å². The topological polar surface area (TPSA) is 57.2 Å². The van der Waals surface area contributed by atoms with Gasteiger partial charge >= 0.3 is 22.4 Å². The van der Waals surface area contributed by atoms with Crippen molar-refractivity contribution in [3.05, 3.63) is 29.0 Å². The Balaban J connectivity index is 0.00000144. The van der Waals surface area contributed by atoms with Crippen molar-refractivity contribution in [2.75, 3.05) is 0 Å². The Hall–Kier alpha value is 0.0903. The molecule has 0 aliphatic carbocycles. The van der Waals surface area contributed by atoms with Crippen molar-refractivity contribution in [3.8, 4) is 0 Å². The predicted molar refractivity (Wildman–Crippen MR) is 39.4 cm³/mol. The summed E-state index contributed by atoms with van der Waals surface area (Å²) in [6.45, 7) is 0. The summed E-state index contributed by atoms with van der Waals surface area (Å²) in [5, 5.41) is -0.382. The average Bonchev–Trinajstić information content (AvgIpc) is 1.92. The minimum absolute atomic E-state index is 0. The van der Waals surface area contributed by atoms with Crippen LogP contribution in [0.15, 0.2) is 23.1 Å². The van der Waals surface area contributed by atoms with E-state index in [0.29, 0.717) is 0 Å². The number of hydrogen-bond donors (Lipinski definition) is 0. The molecule has 0 atom stereocenters. The van der Waals surface area contributed by atoms with E-state index in [1.54, 1.807) is 0 Å². The van der Waals surface area contributed by atoms with Gasteiger partial charge in [-0.15, -0.1) is 0 Å². The van der Waals surface area contributed by atoms with Gasteiger partial charge in [0, 0.05) is 0 Å². The summed E-state index contributed by atoms with van der Waals surface area (Å²) in [7, 11) is -4.54. The van der Waals surface area contributed by atoms with Crippen molar-refractivity contribution < 1.29 is 39.7 Å². The molecule has 0 spiro atoms. The molecule has 0 saturated heterocycles. The van der Waals surface area contributed by atoms with Crippen LogP contribution in [0.5, 0.6) is 0 Å². The molecule has 0 heterocycles. The molecule has 0 bridgehead atoms. The predicted octanol–water partition coefficient (Wildman–Crippen LogP) is 1.38. The molecular formula is C6H3AgClFO3S. The van der Waals surface area contributed by atoms with E-state index in [-0.39, 0.29) is 27.4 Å². The Morgan fingerprint density at radius 1 is 1.38 bits per heavy atom. The molecule has 0 fully saturated rings. The zero-order valence-electron chi connectivity index (χ0n) is 5.92. The van der Waals surface area contributed by atoms with Crippen LogP contribution in [-0.2, 0) is 32.5 Å². The van der Waals surface area contributed by atoms with Crippen molar-refractivity contribution in [1.29, 1.82) is 0 Å². The molecule has 13 heavy (non-hydrogen) atoms. The summed E-state index contributed by atoms with van der Waals surface area (Å²) in [6, 6.07) is 2.47. The van der Waals surface area contributed by atoms with E-state index in [9.17, 15) is 17.4 Å². The van der Waals surface area contributed by atoms with Gasteiger partial charge in [-0.2, -0.15) is 0 Å².